The van der Waals surface area contributed by atoms with Gasteiger partial charge in [0.25, 0.3) is 0 Å². The molecule has 1 aromatic carbocycles. The third-order valence-electron chi connectivity index (χ3n) is 3.70. The minimum absolute atomic E-state index is 0.168. The van der Waals surface area contributed by atoms with Crippen LogP contribution in [-0.2, 0) is 6.42 Å². The van der Waals surface area contributed by atoms with Crippen molar-refractivity contribution in [3.05, 3.63) is 34.1 Å². The van der Waals surface area contributed by atoms with Crippen LogP contribution < -0.4 is 5.32 Å². The van der Waals surface area contributed by atoms with Gasteiger partial charge in [-0.1, -0.05) is 15.9 Å². The molecule has 0 amide bonds. The van der Waals surface area contributed by atoms with Crippen molar-refractivity contribution in [1.29, 1.82) is 0 Å². The maximum absolute atomic E-state index is 13.4. The molecule has 1 nitrogen and oxygen atoms in total. The molecular formula is C14H19BrFNS. The highest BCUT2D eigenvalue weighted by molar-refractivity contribution is 9.10. The lowest BCUT2D eigenvalue weighted by atomic mass is 9.91. The minimum atomic E-state index is -0.168. The van der Waals surface area contributed by atoms with Gasteiger partial charge in [-0.15, -0.1) is 0 Å². The fourth-order valence-corrected chi connectivity index (χ4v) is 4.62. The van der Waals surface area contributed by atoms with E-state index in [9.17, 15) is 4.39 Å². The molecule has 1 N–H and O–H groups in total. The molecule has 1 aliphatic heterocycles. The summed E-state index contributed by atoms with van der Waals surface area (Å²) in [7, 11) is 2.00. The highest BCUT2D eigenvalue weighted by Gasteiger charge is 2.36. The molecule has 2 atom stereocenters. The number of thioether (sulfide) groups is 1. The van der Waals surface area contributed by atoms with Gasteiger partial charge in [-0.3, -0.25) is 0 Å². The lowest BCUT2D eigenvalue weighted by molar-refractivity contribution is 0.423. The molecule has 0 saturated carbocycles. The Morgan fingerprint density at radius 2 is 2.28 bits per heavy atom. The van der Waals surface area contributed by atoms with Crippen molar-refractivity contribution in [2.45, 2.75) is 37.0 Å². The van der Waals surface area contributed by atoms with Crippen molar-refractivity contribution in [3.63, 3.8) is 0 Å². The summed E-state index contributed by atoms with van der Waals surface area (Å²) in [6.07, 6.45) is 3.39. The zero-order valence-corrected chi connectivity index (χ0v) is 13.2. The summed E-state index contributed by atoms with van der Waals surface area (Å²) in [6.45, 7) is 2.32. The zero-order chi connectivity index (χ0) is 13.2. The number of hydrogen-bond acceptors (Lipinski definition) is 2. The second-order valence-corrected chi connectivity index (χ2v) is 7.63. The van der Waals surface area contributed by atoms with Gasteiger partial charge in [0.1, 0.15) is 5.82 Å². The summed E-state index contributed by atoms with van der Waals surface area (Å²) in [5, 5.41) is 3.41. The molecule has 2 rings (SSSR count). The first kappa shape index (κ1) is 14.4. The summed E-state index contributed by atoms with van der Waals surface area (Å²) in [5.74, 6) is 1.07. The molecule has 100 valence electrons. The quantitative estimate of drug-likeness (QED) is 0.894. The van der Waals surface area contributed by atoms with Crippen LogP contribution in [0.25, 0.3) is 0 Å². The van der Waals surface area contributed by atoms with Gasteiger partial charge in [0.05, 0.1) is 0 Å². The van der Waals surface area contributed by atoms with Gasteiger partial charge in [-0.25, -0.2) is 4.39 Å². The van der Waals surface area contributed by atoms with Crippen molar-refractivity contribution >= 4 is 27.7 Å². The van der Waals surface area contributed by atoms with Gasteiger partial charge in [0.2, 0.25) is 0 Å². The number of nitrogens with one attached hydrogen (secondary N) is 1. The van der Waals surface area contributed by atoms with Crippen LogP contribution in [0.5, 0.6) is 0 Å². The molecule has 0 spiro atoms. The van der Waals surface area contributed by atoms with Crippen molar-refractivity contribution < 1.29 is 4.39 Å². The molecule has 0 aliphatic carbocycles. The summed E-state index contributed by atoms with van der Waals surface area (Å²) >= 11 is 5.39. The van der Waals surface area contributed by atoms with E-state index in [1.165, 1.54) is 24.7 Å². The fourth-order valence-electron chi connectivity index (χ4n) is 2.66. The third-order valence-corrected chi connectivity index (χ3v) is 5.80. The second-order valence-electron chi connectivity index (χ2n) is 5.09. The lowest BCUT2D eigenvalue weighted by Crippen LogP contribution is -2.45. The van der Waals surface area contributed by atoms with Gasteiger partial charge < -0.3 is 5.32 Å². The molecule has 0 radical (unpaired) electrons. The number of rotatable bonds is 4. The summed E-state index contributed by atoms with van der Waals surface area (Å²) < 4.78 is 14.5. The molecule has 2 unspecified atom stereocenters. The van der Waals surface area contributed by atoms with E-state index in [4.69, 9.17) is 0 Å². The standard InChI is InChI=1S/C14H19BrFNS/c1-14(4-3-5-18-14)13(17-2)8-10-6-11(15)9-12(16)7-10/h6-7,9,13,17H,3-5,8H2,1-2H3. The predicted octanol–water partition coefficient (Wildman–Crippen LogP) is 4.00. The highest BCUT2D eigenvalue weighted by Crippen LogP contribution is 2.41. The van der Waals surface area contributed by atoms with Crippen LogP contribution in [-0.4, -0.2) is 23.6 Å². The van der Waals surface area contributed by atoms with Crippen LogP contribution in [0.3, 0.4) is 0 Å². The van der Waals surface area contributed by atoms with E-state index in [2.05, 4.69) is 28.2 Å². The van der Waals surface area contributed by atoms with E-state index in [0.717, 1.165) is 16.5 Å². The Bertz CT molecular complexity index is 398. The van der Waals surface area contributed by atoms with E-state index >= 15 is 0 Å². The average molecular weight is 332 g/mol. The minimum Gasteiger partial charge on any atom is -0.315 e. The predicted molar refractivity (Wildman–Crippen MR) is 80.7 cm³/mol. The first-order valence-electron chi connectivity index (χ1n) is 6.30. The molecule has 1 heterocycles. The molecule has 1 saturated heterocycles. The van der Waals surface area contributed by atoms with Crippen molar-refractivity contribution in [2.24, 2.45) is 0 Å². The molecule has 18 heavy (non-hydrogen) atoms. The Kier molecular flexibility index (Phi) is 4.73. The van der Waals surface area contributed by atoms with Gasteiger partial charge in [-0.05, 0) is 62.7 Å². The highest BCUT2D eigenvalue weighted by atomic mass is 79.9. The molecule has 1 aromatic rings. The Labute approximate surface area is 121 Å². The summed E-state index contributed by atoms with van der Waals surface area (Å²) in [5.41, 5.74) is 1.05. The van der Waals surface area contributed by atoms with Crippen molar-refractivity contribution in [2.75, 3.05) is 12.8 Å². The lowest BCUT2D eigenvalue weighted by Gasteiger charge is -2.33. The molecule has 1 fully saturated rings. The molecule has 1 aliphatic rings. The van der Waals surface area contributed by atoms with Crippen molar-refractivity contribution in [3.8, 4) is 0 Å². The Morgan fingerprint density at radius 3 is 2.83 bits per heavy atom. The Hall–Kier alpha value is -0.0600. The van der Waals surface area contributed by atoms with Gasteiger partial charge in [0, 0.05) is 15.3 Å². The number of hydrogen-bond donors (Lipinski definition) is 1. The van der Waals surface area contributed by atoms with Crippen LogP contribution in [0, 0.1) is 5.82 Å². The van der Waals surface area contributed by atoms with Gasteiger partial charge >= 0.3 is 0 Å². The van der Waals surface area contributed by atoms with Crippen LogP contribution in [0.15, 0.2) is 22.7 Å². The first-order chi connectivity index (χ1) is 8.53. The Morgan fingerprint density at radius 1 is 1.50 bits per heavy atom. The topological polar surface area (TPSA) is 12.0 Å². The van der Waals surface area contributed by atoms with E-state index < -0.39 is 0 Å². The van der Waals surface area contributed by atoms with Crippen LogP contribution in [0.1, 0.15) is 25.3 Å². The van der Waals surface area contributed by atoms with E-state index in [0.29, 0.717) is 6.04 Å². The van der Waals surface area contributed by atoms with Crippen molar-refractivity contribution in [1.82, 2.24) is 5.32 Å². The maximum atomic E-state index is 13.4. The maximum Gasteiger partial charge on any atom is 0.124 e. The number of benzene rings is 1. The molecule has 0 bridgehead atoms. The van der Waals surface area contributed by atoms with Gasteiger partial charge in [0.15, 0.2) is 0 Å². The summed E-state index contributed by atoms with van der Waals surface area (Å²) in [4.78, 5) is 0. The van der Waals surface area contributed by atoms with Crippen LogP contribution in [0.2, 0.25) is 0 Å². The Balaban J connectivity index is 2.14. The largest absolute Gasteiger partial charge is 0.315 e. The van der Waals surface area contributed by atoms with E-state index in [1.54, 1.807) is 6.07 Å². The monoisotopic (exact) mass is 331 g/mol. The smallest absolute Gasteiger partial charge is 0.124 e. The fraction of sp³-hybridized carbons (Fsp3) is 0.571. The molecule has 0 aromatic heterocycles. The zero-order valence-electron chi connectivity index (χ0n) is 10.8. The normalized spacial score (nSPS) is 25.3. The third kappa shape index (κ3) is 3.28. The van der Waals surface area contributed by atoms with Crippen LogP contribution >= 0.6 is 27.7 Å². The second kappa shape index (κ2) is 5.93. The SMILES string of the molecule is CNC(Cc1cc(F)cc(Br)c1)C1(C)CCCS1. The number of halogens is 2. The average Bonchev–Trinajstić information content (AvgIpc) is 2.72. The van der Waals surface area contributed by atoms with E-state index in [-0.39, 0.29) is 10.6 Å². The first-order valence-corrected chi connectivity index (χ1v) is 8.07. The van der Waals surface area contributed by atoms with E-state index in [1.807, 2.05) is 24.9 Å². The molecular weight excluding hydrogens is 313 g/mol. The van der Waals surface area contributed by atoms with Crippen LogP contribution in [0.4, 0.5) is 4.39 Å². The number of likely N-dealkylation sites (N-methyl/N-ethyl adjacent to an activating group) is 1. The van der Waals surface area contributed by atoms with Gasteiger partial charge in [-0.2, -0.15) is 11.8 Å². The molecule has 4 heteroatoms. The summed E-state index contributed by atoms with van der Waals surface area (Å²) in [6, 6.07) is 5.54.